The van der Waals surface area contributed by atoms with Crippen LogP contribution in [0.25, 0.3) is 0 Å². The number of ether oxygens (including phenoxy) is 1. The van der Waals surface area contributed by atoms with Gasteiger partial charge in [0, 0.05) is 18.9 Å². The maximum Gasteiger partial charge on any atom is 0.193 e. The summed E-state index contributed by atoms with van der Waals surface area (Å²) in [6, 6.07) is 15.9. The number of imidazole rings is 1. The number of aromatic nitrogens is 2. The number of para-hydroxylation sites is 2. The van der Waals surface area contributed by atoms with E-state index in [-0.39, 0.29) is 24.0 Å². The predicted molar refractivity (Wildman–Crippen MR) is 115 cm³/mol. The topological polar surface area (TPSA) is 77.5 Å². The zero-order valence-electron chi connectivity index (χ0n) is 14.5. The second-order valence-electron chi connectivity index (χ2n) is 5.58. The summed E-state index contributed by atoms with van der Waals surface area (Å²) in [5.74, 6) is 1.08. The molecule has 3 N–H and O–H groups in total. The van der Waals surface area contributed by atoms with Crippen molar-refractivity contribution in [2.24, 2.45) is 10.7 Å². The van der Waals surface area contributed by atoms with Gasteiger partial charge in [-0.3, -0.25) is 0 Å². The highest BCUT2D eigenvalue weighted by Crippen LogP contribution is 2.22. The van der Waals surface area contributed by atoms with Crippen molar-refractivity contribution >= 4 is 35.6 Å². The van der Waals surface area contributed by atoms with Crippen LogP contribution in [0, 0.1) is 0 Å². The molecule has 0 aliphatic heterocycles. The first-order chi connectivity index (χ1) is 12.2. The molecule has 136 valence electrons. The van der Waals surface area contributed by atoms with E-state index >= 15 is 0 Å². The number of nitrogens with two attached hydrogens (primary N) is 1. The Bertz CT molecular complexity index is 831. The summed E-state index contributed by atoms with van der Waals surface area (Å²) in [6.07, 6.45) is 5.53. The number of nitrogens with zero attached hydrogens (tertiary/aromatic N) is 3. The van der Waals surface area contributed by atoms with Gasteiger partial charge in [-0.05, 0) is 23.3 Å². The Kier molecular flexibility index (Phi) is 7.46. The Labute approximate surface area is 170 Å². The molecule has 0 aliphatic carbocycles. The van der Waals surface area contributed by atoms with Crippen molar-refractivity contribution in [1.82, 2.24) is 9.55 Å². The summed E-state index contributed by atoms with van der Waals surface area (Å²) in [5.41, 5.74) is 9.07. The lowest BCUT2D eigenvalue weighted by atomic mass is 10.1. The number of hydrogen-bond donors (Lipinski definition) is 2. The molecular weight excluding hydrogens is 441 g/mol. The summed E-state index contributed by atoms with van der Waals surface area (Å²) < 4.78 is 7.32. The average Bonchev–Trinajstić information content (AvgIpc) is 3.15. The van der Waals surface area contributed by atoms with Crippen LogP contribution in [0.2, 0.25) is 0 Å². The van der Waals surface area contributed by atoms with Gasteiger partial charge < -0.3 is 20.4 Å². The van der Waals surface area contributed by atoms with Crippen molar-refractivity contribution in [3.8, 4) is 5.75 Å². The van der Waals surface area contributed by atoms with E-state index in [0.717, 1.165) is 23.5 Å². The summed E-state index contributed by atoms with van der Waals surface area (Å²) in [7, 11) is 1.62. The standard InChI is InChI=1S/C19H21N5O.HI/c1-25-18-5-3-2-4-17(18)23-19(20)22-12-15-6-8-16(9-7-15)13-24-11-10-21-14-24;/h2-11,14H,12-13H2,1H3,(H3,20,22,23);1H. The number of anilines is 1. The Morgan fingerprint density at radius 3 is 2.58 bits per heavy atom. The second kappa shape index (κ2) is 9.81. The number of guanidine groups is 1. The lowest BCUT2D eigenvalue weighted by molar-refractivity contribution is 0.417. The molecule has 0 fully saturated rings. The van der Waals surface area contributed by atoms with Crippen LogP contribution in [-0.2, 0) is 13.1 Å². The summed E-state index contributed by atoms with van der Waals surface area (Å²) in [6.45, 7) is 1.32. The third kappa shape index (κ3) is 5.48. The van der Waals surface area contributed by atoms with Gasteiger partial charge in [-0.2, -0.15) is 0 Å². The molecule has 3 rings (SSSR count). The van der Waals surface area contributed by atoms with Gasteiger partial charge in [0.05, 0.1) is 25.7 Å². The van der Waals surface area contributed by atoms with E-state index < -0.39 is 0 Å². The third-order valence-corrected chi connectivity index (χ3v) is 3.75. The van der Waals surface area contributed by atoms with E-state index in [1.54, 1.807) is 13.3 Å². The average molecular weight is 463 g/mol. The third-order valence-electron chi connectivity index (χ3n) is 3.75. The maximum absolute atomic E-state index is 5.97. The molecule has 0 saturated carbocycles. The number of hydrogen-bond acceptors (Lipinski definition) is 3. The van der Waals surface area contributed by atoms with E-state index in [0.29, 0.717) is 12.5 Å². The smallest absolute Gasteiger partial charge is 0.193 e. The molecule has 6 nitrogen and oxygen atoms in total. The van der Waals surface area contributed by atoms with Gasteiger partial charge in [0.1, 0.15) is 5.75 Å². The number of nitrogens with one attached hydrogen (secondary N) is 1. The first kappa shape index (κ1) is 19.8. The zero-order chi connectivity index (χ0) is 17.5. The molecule has 1 heterocycles. The molecule has 2 aromatic carbocycles. The van der Waals surface area contributed by atoms with Crippen LogP contribution in [0.4, 0.5) is 5.69 Å². The Morgan fingerprint density at radius 1 is 1.15 bits per heavy atom. The first-order valence-corrected chi connectivity index (χ1v) is 7.98. The monoisotopic (exact) mass is 463 g/mol. The molecule has 0 unspecified atom stereocenters. The lowest BCUT2D eigenvalue weighted by Crippen LogP contribution is -2.22. The fraction of sp³-hybridized carbons (Fsp3) is 0.158. The molecule has 0 bridgehead atoms. The largest absolute Gasteiger partial charge is 0.495 e. The van der Waals surface area contributed by atoms with Crippen molar-refractivity contribution in [1.29, 1.82) is 0 Å². The number of methoxy groups -OCH3 is 1. The molecule has 7 heteroatoms. The van der Waals surface area contributed by atoms with Crippen LogP contribution < -0.4 is 15.8 Å². The van der Waals surface area contributed by atoms with Gasteiger partial charge in [-0.1, -0.05) is 36.4 Å². The highest BCUT2D eigenvalue weighted by atomic mass is 127. The summed E-state index contributed by atoms with van der Waals surface area (Å²) in [5, 5.41) is 3.07. The van der Waals surface area contributed by atoms with Crippen LogP contribution in [-0.4, -0.2) is 22.6 Å². The minimum absolute atomic E-state index is 0. The van der Waals surface area contributed by atoms with Crippen molar-refractivity contribution in [2.75, 3.05) is 12.4 Å². The molecule has 26 heavy (non-hydrogen) atoms. The highest BCUT2D eigenvalue weighted by molar-refractivity contribution is 14.0. The Hall–Kier alpha value is -2.55. The first-order valence-electron chi connectivity index (χ1n) is 7.98. The van der Waals surface area contributed by atoms with Gasteiger partial charge >= 0.3 is 0 Å². The molecule has 0 aliphatic rings. The molecule has 1 aromatic heterocycles. The Morgan fingerprint density at radius 2 is 1.88 bits per heavy atom. The van der Waals surface area contributed by atoms with Crippen LogP contribution in [0.5, 0.6) is 5.75 Å². The van der Waals surface area contributed by atoms with Crippen LogP contribution in [0.3, 0.4) is 0 Å². The minimum atomic E-state index is 0. The maximum atomic E-state index is 5.97. The zero-order valence-corrected chi connectivity index (χ0v) is 16.8. The molecule has 0 radical (unpaired) electrons. The number of rotatable bonds is 6. The van der Waals surface area contributed by atoms with Crippen molar-refractivity contribution in [2.45, 2.75) is 13.1 Å². The normalized spacial score (nSPS) is 10.9. The molecule has 0 saturated heterocycles. The number of aliphatic imine (C=N–C) groups is 1. The van der Waals surface area contributed by atoms with Gasteiger partial charge in [0.25, 0.3) is 0 Å². The van der Waals surface area contributed by atoms with Gasteiger partial charge in [-0.15, -0.1) is 24.0 Å². The van der Waals surface area contributed by atoms with E-state index in [1.165, 1.54) is 5.56 Å². The summed E-state index contributed by atoms with van der Waals surface area (Å²) >= 11 is 0. The quantitative estimate of drug-likeness (QED) is 0.334. The highest BCUT2D eigenvalue weighted by Gasteiger charge is 2.02. The fourth-order valence-corrected chi connectivity index (χ4v) is 2.44. The molecular formula is C19H22IN5O. The molecule has 0 atom stereocenters. The van der Waals surface area contributed by atoms with Gasteiger partial charge in [-0.25, -0.2) is 9.98 Å². The van der Waals surface area contributed by atoms with Crippen LogP contribution in [0.15, 0.2) is 72.2 Å². The lowest BCUT2D eigenvalue weighted by Gasteiger charge is -2.10. The Balaban J connectivity index is 0.00000243. The predicted octanol–water partition coefficient (Wildman–Crippen LogP) is 3.48. The second-order valence-corrected chi connectivity index (χ2v) is 5.58. The molecule has 3 aromatic rings. The van der Waals surface area contributed by atoms with Gasteiger partial charge in [0.2, 0.25) is 0 Å². The number of benzene rings is 2. The SMILES string of the molecule is COc1ccccc1NC(N)=NCc1ccc(Cn2ccnc2)cc1.I. The van der Waals surface area contributed by atoms with Crippen molar-refractivity contribution in [3.63, 3.8) is 0 Å². The van der Waals surface area contributed by atoms with E-state index in [1.807, 2.05) is 41.4 Å². The van der Waals surface area contributed by atoms with Crippen molar-refractivity contribution in [3.05, 3.63) is 78.4 Å². The van der Waals surface area contributed by atoms with E-state index in [4.69, 9.17) is 10.5 Å². The van der Waals surface area contributed by atoms with Gasteiger partial charge in [0.15, 0.2) is 5.96 Å². The summed E-state index contributed by atoms with van der Waals surface area (Å²) in [4.78, 5) is 8.43. The number of halogens is 1. The molecule has 0 amide bonds. The minimum Gasteiger partial charge on any atom is -0.495 e. The van der Waals surface area contributed by atoms with E-state index in [2.05, 4.69) is 39.6 Å². The molecule has 0 spiro atoms. The fourth-order valence-electron chi connectivity index (χ4n) is 2.44. The van der Waals surface area contributed by atoms with E-state index in [9.17, 15) is 0 Å². The van der Waals surface area contributed by atoms with Crippen molar-refractivity contribution < 1.29 is 4.74 Å². The van der Waals surface area contributed by atoms with Crippen LogP contribution in [0.1, 0.15) is 11.1 Å². The van der Waals surface area contributed by atoms with Crippen LogP contribution >= 0.6 is 24.0 Å².